The lowest BCUT2D eigenvalue weighted by Gasteiger charge is -2.49. The molecule has 25 nitrogen and oxygen atoms in total. The van der Waals surface area contributed by atoms with Gasteiger partial charge in [-0.3, -0.25) is 0 Å². The predicted octanol–water partition coefficient (Wildman–Crippen LogP) is -10.9. The average molecular weight is 811 g/mol. The van der Waals surface area contributed by atoms with Crippen molar-refractivity contribution in [3.63, 3.8) is 0 Å². The van der Waals surface area contributed by atoms with Crippen LogP contribution in [0.5, 0.6) is 0 Å². The molecule has 25 atom stereocenters. The Balaban J connectivity index is 1.08. The smallest absolute Gasteiger partial charge is 0.187 e. The lowest BCUT2D eigenvalue weighted by molar-refractivity contribution is -0.391. The van der Waals surface area contributed by atoms with Crippen molar-refractivity contribution in [1.29, 1.82) is 0 Å². The van der Waals surface area contributed by atoms with Gasteiger partial charge in [0, 0.05) is 0 Å². The van der Waals surface area contributed by atoms with E-state index in [0.29, 0.717) is 0 Å². The molecule has 0 aromatic heterocycles. The van der Waals surface area contributed by atoms with Crippen LogP contribution in [0.4, 0.5) is 0 Å². The van der Waals surface area contributed by atoms with E-state index in [1.54, 1.807) is 0 Å². The zero-order valence-electron chi connectivity index (χ0n) is 28.8. The van der Waals surface area contributed by atoms with Gasteiger partial charge in [-0.2, -0.15) is 0 Å². The number of aliphatic hydroxyl groups is 15. The van der Waals surface area contributed by atoms with Crippen LogP contribution in [0.25, 0.3) is 0 Å². The predicted molar refractivity (Wildman–Crippen MR) is 163 cm³/mol. The van der Waals surface area contributed by atoms with E-state index >= 15 is 0 Å². The normalized spacial score (nSPS) is 54.7. The molecule has 0 aliphatic carbocycles. The fourth-order valence-corrected chi connectivity index (χ4v) is 7.33. The van der Waals surface area contributed by atoms with E-state index in [1.807, 2.05) is 0 Å². The van der Waals surface area contributed by atoms with Crippen molar-refractivity contribution in [1.82, 2.24) is 0 Å². The molecule has 6 rings (SSSR count). The first-order chi connectivity index (χ1) is 26.1. The number of ether oxygens (including phenoxy) is 10. The number of rotatable bonds is 12. The van der Waals surface area contributed by atoms with E-state index in [4.69, 9.17) is 47.4 Å². The molecule has 0 aromatic rings. The van der Waals surface area contributed by atoms with Crippen LogP contribution in [0, 0.1) is 0 Å². The Labute approximate surface area is 310 Å². The molecule has 0 aromatic carbocycles. The van der Waals surface area contributed by atoms with Crippen molar-refractivity contribution in [2.45, 2.75) is 154 Å². The molecule has 0 spiro atoms. The first kappa shape index (κ1) is 43.6. The Bertz CT molecular complexity index is 1220. The Morgan fingerprint density at radius 2 is 0.673 bits per heavy atom. The molecule has 0 unspecified atom stereocenters. The number of hydrogen-bond donors (Lipinski definition) is 15. The summed E-state index contributed by atoms with van der Waals surface area (Å²) in [5.41, 5.74) is 0. The molecular weight excluding hydrogens is 760 g/mol. The number of hydrogen-bond acceptors (Lipinski definition) is 25. The van der Waals surface area contributed by atoms with Gasteiger partial charge in [-0.1, -0.05) is 0 Å². The van der Waals surface area contributed by atoms with Gasteiger partial charge in [0.15, 0.2) is 31.5 Å². The topological polar surface area (TPSA) is 396 Å². The summed E-state index contributed by atoms with van der Waals surface area (Å²) in [5, 5.41) is 157. The maximum atomic E-state index is 11.1. The first-order valence-electron chi connectivity index (χ1n) is 17.6. The van der Waals surface area contributed by atoms with Crippen LogP contribution in [0.1, 0.15) is 0 Å². The standard InChI is InChI=1S/C30H50O25/c31-1-6-11(35)12(36)17(41)27(47-6)52-22-7(2-32)48-28(19(43)14(22)38)53-23-8(3-33)49-29(20(44)15(23)39)54-24-9(4-34)50-30(21(45)16(24)40)55-25-10-5-46-26(51-10)18(42)13(25)37/h6-45H,1-5H2/t6-,7-,8-,9-,10-,11-,12+,13-,14-,15-,16-,17-,18-,19-,20-,21-,22-,23-,24-,25-,26-,27+,28+,29+,30+/m1/s1. The van der Waals surface area contributed by atoms with Gasteiger partial charge in [-0.15, -0.1) is 0 Å². The molecule has 6 saturated heterocycles. The van der Waals surface area contributed by atoms with Gasteiger partial charge in [0.25, 0.3) is 0 Å². The van der Waals surface area contributed by atoms with Gasteiger partial charge in [-0.25, -0.2) is 0 Å². The van der Waals surface area contributed by atoms with Gasteiger partial charge >= 0.3 is 0 Å². The quantitative estimate of drug-likeness (QED) is 0.0870. The Kier molecular flexibility index (Phi) is 14.3. The highest BCUT2D eigenvalue weighted by Gasteiger charge is 2.57. The zero-order valence-corrected chi connectivity index (χ0v) is 28.8. The molecule has 15 N–H and O–H groups in total. The maximum Gasteiger partial charge on any atom is 0.187 e. The van der Waals surface area contributed by atoms with Gasteiger partial charge in [0.2, 0.25) is 0 Å². The van der Waals surface area contributed by atoms with Crippen molar-refractivity contribution < 1.29 is 124 Å². The lowest BCUT2D eigenvalue weighted by Crippen LogP contribution is -2.67. The van der Waals surface area contributed by atoms with Crippen molar-refractivity contribution in [2.24, 2.45) is 0 Å². The van der Waals surface area contributed by atoms with Crippen LogP contribution in [0.15, 0.2) is 0 Å². The summed E-state index contributed by atoms with van der Waals surface area (Å²) in [7, 11) is 0. The Morgan fingerprint density at radius 1 is 0.345 bits per heavy atom. The van der Waals surface area contributed by atoms with Crippen molar-refractivity contribution >= 4 is 0 Å². The van der Waals surface area contributed by atoms with Crippen LogP contribution in [-0.4, -0.2) is 263 Å². The van der Waals surface area contributed by atoms with E-state index in [-0.39, 0.29) is 6.61 Å². The molecular formula is C30H50O25. The van der Waals surface area contributed by atoms with E-state index < -0.39 is 180 Å². The molecule has 0 amide bonds. The fraction of sp³-hybridized carbons (Fsp3) is 1.00. The lowest BCUT2D eigenvalue weighted by atomic mass is 9.95. The Hall–Kier alpha value is -1.00. The minimum Gasteiger partial charge on any atom is -0.394 e. The fourth-order valence-electron chi connectivity index (χ4n) is 7.33. The number of fused-ring (bicyclic) bond motifs is 2. The van der Waals surface area contributed by atoms with E-state index in [1.165, 1.54) is 0 Å². The van der Waals surface area contributed by atoms with Crippen LogP contribution in [0.3, 0.4) is 0 Å². The molecule has 320 valence electrons. The molecule has 6 aliphatic heterocycles. The molecule has 55 heavy (non-hydrogen) atoms. The summed E-state index contributed by atoms with van der Waals surface area (Å²) < 4.78 is 55.1. The third-order valence-electron chi connectivity index (χ3n) is 10.5. The molecule has 6 aliphatic rings. The second kappa shape index (κ2) is 18.1. The average Bonchev–Trinajstić information content (AvgIpc) is 3.64. The highest BCUT2D eigenvalue weighted by molar-refractivity contribution is 4.99. The van der Waals surface area contributed by atoms with Gasteiger partial charge < -0.3 is 124 Å². The highest BCUT2D eigenvalue weighted by Crippen LogP contribution is 2.36. The summed E-state index contributed by atoms with van der Waals surface area (Å²) in [6, 6.07) is 0. The second-order valence-electron chi connectivity index (χ2n) is 14.1. The minimum absolute atomic E-state index is 0.0745. The summed E-state index contributed by atoms with van der Waals surface area (Å²) in [4.78, 5) is 0. The summed E-state index contributed by atoms with van der Waals surface area (Å²) in [6.07, 6.45) is -42.4. The summed E-state index contributed by atoms with van der Waals surface area (Å²) in [6.45, 7) is -3.61. The third-order valence-corrected chi connectivity index (χ3v) is 10.5. The maximum absolute atomic E-state index is 11.1. The zero-order chi connectivity index (χ0) is 40.0. The second-order valence-corrected chi connectivity index (χ2v) is 14.1. The molecule has 0 radical (unpaired) electrons. The van der Waals surface area contributed by atoms with Crippen LogP contribution >= 0.6 is 0 Å². The van der Waals surface area contributed by atoms with Crippen LogP contribution < -0.4 is 0 Å². The molecule has 2 bridgehead atoms. The third kappa shape index (κ3) is 8.41. The largest absolute Gasteiger partial charge is 0.394 e. The molecule has 6 fully saturated rings. The van der Waals surface area contributed by atoms with Crippen molar-refractivity contribution in [3.05, 3.63) is 0 Å². The Morgan fingerprint density at radius 3 is 1.05 bits per heavy atom. The van der Waals surface area contributed by atoms with Crippen LogP contribution in [0.2, 0.25) is 0 Å². The van der Waals surface area contributed by atoms with Crippen molar-refractivity contribution in [2.75, 3.05) is 33.0 Å². The van der Waals surface area contributed by atoms with Crippen LogP contribution in [-0.2, 0) is 47.4 Å². The SMILES string of the molecule is OC[C@H]1O[C@@H](O[C@H]2[C@H](O)[C@@H](O)[C@H](O[C@H]3[C@H](O)[C@@H](O)[C@H](O[C@H]4[C@H](O)[C@@H](O)[C@H](O[C@H]5[C@H](O)[C@@H](O)[C@@H]6OC[C@H]5O6)O[C@@H]4CO)O[C@@H]3CO)O[C@@H]2CO)[C@H](O)[C@@H](O)[C@@H]1O. The van der Waals surface area contributed by atoms with Gasteiger partial charge in [-0.05, 0) is 0 Å². The molecule has 25 heteroatoms. The molecule has 6 heterocycles. The minimum atomic E-state index is -2.07. The highest BCUT2D eigenvalue weighted by atomic mass is 16.8. The number of aliphatic hydroxyl groups excluding tert-OH is 15. The summed E-state index contributed by atoms with van der Waals surface area (Å²) >= 11 is 0. The first-order valence-corrected chi connectivity index (χ1v) is 17.6. The van der Waals surface area contributed by atoms with Gasteiger partial charge in [0.1, 0.15) is 122 Å². The van der Waals surface area contributed by atoms with E-state index in [2.05, 4.69) is 0 Å². The van der Waals surface area contributed by atoms with Crippen molar-refractivity contribution in [3.8, 4) is 0 Å². The van der Waals surface area contributed by atoms with E-state index in [9.17, 15) is 76.6 Å². The monoisotopic (exact) mass is 810 g/mol. The van der Waals surface area contributed by atoms with E-state index in [0.717, 1.165) is 0 Å². The summed E-state index contributed by atoms with van der Waals surface area (Å²) in [5.74, 6) is 0. The van der Waals surface area contributed by atoms with Gasteiger partial charge in [0.05, 0.1) is 33.0 Å². The molecule has 0 saturated carbocycles.